The summed E-state index contributed by atoms with van der Waals surface area (Å²) in [5.74, 6) is -1.92. The van der Waals surface area contributed by atoms with Crippen LogP contribution in [-0.4, -0.2) is 38.6 Å². The Morgan fingerprint density at radius 1 is 1.04 bits per heavy atom. The number of ether oxygens (including phenoxy) is 1. The average Bonchev–Trinajstić information content (AvgIpc) is 3.10. The van der Waals surface area contributed by atoms with Gasteiger partial charge >= 0.3 is 5.97 Å². The molecule has 0 unspecified atom stereocenters. The summed E-state index contributed by atoms with van der Waals surface area (Å²) in [7, 11) is -2.77. The number of nitrogens with one attached hydrogen (secondary N) is 1. The largest absolute Gasteiger partial charge is 0.468 e. The van der Waals surface area contributed by atoms with Crippen molar-refractivity contribution < 1.29 is 22.7 Å². The van der Waals surface area contributed by atoms with Crippen LogP contribution in [0.2, 0.25) is 0 Å². The molecule has 4 atom stereocenters. The number of benzene rings is 2. The third-order valence-corrected chi connectivity index (χ3v) is 7.37. The molecule has 0 saturated carbocycles. The minimum absolute atomic E-state index is 0.0758. The van der Waals surface area contributed by atoms with Crippen molar-refractivity contribution in [1.29, 1.82) is 0 Å². The van der Waals surface area contributed by atoms with Crippen molar-refractivity contribution in [1.82, 2.24) is 5.32 Å². The van der Waals surface area contributed by atoms with E-state index in [4.69, 9.17) is 4.74 Å². The number of hydrogen-bond donors (Lipinski definition) is 1. The minimum atomic E-state index is -3.97. The number of esters is 1. The van der Waals surface area contributed by atoms with Crippen molar-refractivity contribution in [2.45, 2.75) is 36.1 Å². The van der Waals surface area contributed by atoms with E-state index in [1.807, 2.05) is 31.2 Å². The van der Waals surface area contributed by atoms with Crippen molar-refractivity contribution in [3.8, 4) is 0 Å². The second kappa shape index (κ2) is 7.85. The molecule has 0 amide bonds. The van der Waals surface area contributed by atoms with Crippen molar-refractivity contribution in [2.24, 2.45) is 5.92 Å². The number of rotatable bonds is 5. The van der Waals surface area contributed by atoms with Gasteiger partial charge in [0, 0.05) is 6.04 Å². The maximum atomic E-state index is 13.4. The fraction of sp³-hybridized carbons (Fsp3) is 0.333. The maximum Gasteiger partial charge on any atom is 0.324 e. The van der Waals surface area contributed by atoms with Crippen molar-refractivity contribution in [3.63, 3.8) is 0 Å². The molecule has 1 fully saturated rings. The molecule has 1 N–H and O–H groups in total. The summed E-state index contributed by atoms with van der Waals surface area (Å²) in [5.41, 5.74) is 1.74. The lowest BCUT2D eigenvalue weighted by Crippen LogP contribution is -2.45. The number of hydrogen-bond acceptors (Lipinski definition) is 6. The first-order chi connectivity index (χ1) is 13.3. The molecule has 0 radical (unpaired) electrons. The fourth-order valence-corrected chi connectivity index (χ4v) is 6.02. The number of aryl methyl sites for hydroxylation is 1. The first kappa shape index (κ1) is 20.2. The Balaban J connectivity index is 2.16. The predicted molar refractivity (Wildman–Crippen MR) is 104 cm³/mol. The average molecular weight is 401 g/mol. The molecule has 0 aromatic heterocycles. The molecule has 1 aliphatic heterocycles. The van der Waals surface area contributed by atoms with E-state index in [-0.39, 0.29) is 10.7 Å². The molecule has 1 heterocycles. The molecule has 1 saturated heterocycles. The number of Topliss-reactive ketones (excluding diaryl/α,β-unsaturated/α-hetero) is 1. The Labute approximate surface area is 164 Å². The number of ketones is 1. The van der Waals surface area contributed by atoms with Crippen LogP contribution in [0.5, 0.6) is 0 Å². The first-order valence-electron chi connectivity index (χ1n) is 8.97. The number of sulfone groups is 1. The molecule has 7 heteroatoms. The molecule has 2 aromatic carbocycles. The third kappa shape index (κ3) is 3.59. The number of carbonyl (C=O) groups excluding carboxylic acids is 2. The van der Waals surface area contributed by atoms with Crippen molar-refractivity contribution in [2.75, 3.05) is 7.11 Å². The summed E-state index contributed by atoms with van der Waals surface area (Å²) >= 11 is 0. The minimum Gasteiger partial charge on any atom is -0.468 e. The lowest BCUT2D eigenvalue weighted by Gasteiger charge is -2.23. The van der Waals surface area contributed by atoms with Crippen LogP contribution in [0.15, 0.2) is 59.5 Å². The summed E-state index contributed by atoms with van der Waals surface area (Å²) in [6.45, 7) is 3.28. The van der Waals surface area contributed by atoms with E-state index in [2.05, 4.69) is 5.32 Å². The molecule has 6 nitrogen and oxygen atoms in total. The highest BCUT2D eigenvalue weighted by molar-refractivity contribution is 7.92. The van der Waals surface area contributed by atoms with Gasteiger partial charge in [-0.1, -0.05) is 48.0 Å². The van der Waals surface area contributed by atoms with E-state index < -0.39 is 39.1 Å². The summed E-state index contributed by atoms with van der Waals surface area (Å²) < 4.78 is 31.7. The van der Waals surface area contributed by atoms with Crippen LogP contribution in [0.3, 0.4) is 0 Å². The quantitative estimate of drug-likeness (QED) is 0.773. The molecule has 3 rings (SSSR count). The smallest absolute Gasteiger partial charge is 0.324 e. The Hall–Kier alpha value is -2.51. The van der Waals surface area contributed by atoms with E-state index in [0.717, 1.165) is 11.1 Å². The fourth-order valence-electron chi connectivity index (χ4n) is 3.89. The molecule has 2 aromatic rings. The molecule has 0 spiro atoms. The standard InChI is InChI=1S/C21H23NO5S/c1-13-8-7-9-15(12-13)18-17(14(2)23)20(19(22-18)21(24)27-3)28(25,26)16-10-5-4-6-11-16/h4-12,17-20,22H,1-3H3/t17-,18-,19-,20+/m1/s1. The lowest BCUT2D eigenvalue weighted by molar-refractivity contribution is -0.142. The van der Waals surface area contributed by atoms with Gasteiger partial charge in [-0.25, -0.2) is 8.42 Å². The summed E-state index contributed by atoms with van der Waals surface area (Å²) in [5, 5.41) is 1.81. The van der Waals surface area contributed by atoms with Gasteiger partial charge in [0.1, 0.15) is 17.1 Å². The topological polar surface area (TPSA) is 89.5 Å². The number of carbonyl (C=O) groups is 2. The molecular formula is C21H23NO5S. The highest BCUT2D eigenvalue weighted by Crippen LogP contribution is 2.40. The zero-order valence-corrected chi connectivity index (χ0v) is 16.8. The van der Waals surface area contributed by atoms with Gasteiger partial charge < -0.3 is 4.74 Å². The van der Waals surface area contributed by atoms with Crippen LogP contribution in [0, 0.1) is 12.8 Å². The Kier molecular flexibility index (Phi) is 5.67. The van der Waals surface area contributed by atoms with Crippen molar-refractivity contribution in [3.05, 3.63) is 65.7 Å². The highest BCUT2D eigenvalue weighted by Gasteiger charge is 2.55. The monoisotopic (exact) mass is 401 g/mol. The van der Waals surface area contributed by atoms with Gasteiger partial charge in [-0.3, -0.25) is 14.9 Å². The molecule has 0 aliphatic carbocycles. The van der Waals surface area contributed by atoms with Crippen LogP contribution in [0.4, 0.5) is 0 Å². The van der Waals surface area contributed by atoms with Crippen LogP contribution < -0.4 is 5.32 Å². The van der Waals surface area contributed by atoms with E-state index in [0.29, 0.717) is 0 Å². The van der Waals surface area contributed by atoms with Gasteiger partial charge in [-0.2, -0.15) is 0 Å². The second-order valence-electron chi connectivity index (χ2n) is 7.02. The van der Waals surface area contributed by atoms with Gasteiger partial charge in [0.15, 0.2) is 9.84 Å². The summed E-state index contributed by atoms with van der Waals surface area (Å²) in [6, 6.07) is 13.6. The van der Waals surface area contributed by atoms with Gasteiger partial charge in [-0.05, 0) is 31.5 Å². The van der Waals surface area contributed by atoms with E-state index in [1.165, 1.54) is 26.2 Å². The van der Waals surface area contributed by atoms with E-state index >= 15 is 0 Å². The van der Waals surface area contributed by atoms with Gasteiger partial charge in [-0.15, -0.1) is 0 Å². The SMILES string of the molecule is COC(=O)[C@@H]1N[C@H](c2cccc(C)c2)[C@@H](C(C)=O)[C@@H]1S(=O)(=O)c1ccccc1. The van der Waals surface area contributed by atoms with Crippen molar-refractivity contribution >= 4 is 21.6 Å². The van der Waals surface area contributed by atoms with Crippen LogP contribution >= 0.6 is 0 Å². The number of methoxy groups -OCH3 is 1. The Bertz CT molecular complexity index is 987. The molecule has 1 aliphatic rings. The van der Waals surface area contributed by atoms with Crippen LogP contribution in [-0.2, 0) is 24.2 Å². The molecule has 0 bridgehead atoms. The summed E-state index contributed by atoms with van der Waals surface area (Å²) in [6.07, 6.45) is 0. The molecule has 148 valence electrons. The van der Waals surface area contributed by atoms with Crippen LogP contribution in [0.25, 0.3) is 0 Å². The van der Waals surface area contributed by atoms with Gasteiger partial charge in [0.05, 0.1) is 17.9 Å². The zero-order chi connectivity index (χ0) is 20.5. The predicted octanol–water partition coefficient (Wildman–Crippen LogP) is 2.23. The van der Waals surface area contributed by atoms with E-state index in [1.54, 1.807) is 18.2 Å². The Morgan fingerprint density at radius 2 is 1.71 bits per heavy atom. The molecular weight excluding hydrogens is 378 g/mol. The second-order valence-corrected chi connectivity index (χ2v) is 9.12. The first-order valence-corrected chi connectivity index (χ1v) is 10.5. The van der Waals surface area contributed by atoms with Gasteiger partial charge in [0.2, 0.25) is 0 Å². The van der Waals surface area contributed by atoms with E-state index in [9.17, 15) is 18.0 Å². The summed E-state index contributed by atoms with van der Waals surface area (Å²) in [4.78, 5) is 25.1. The normalized spacial score (nSPS) is 24.7. The highest BCUT2D eigenvalue weighted by atomic mass is 32.2. The van der Waals surface area contributed by atoms with Crippen LogP contribution in [0.1, 0.15) is 24.1 Å². The third-order valence-electron chi connectivity index (χ3n) is 5.16. The van der Waals surface area contributed by atoms with Gasteiger partial charge in [0.25, 0.3) is 0 Å². The maximum absolute atomic E-state index is 13.4. The lowest BCUT2D eigenvalue weighted by atomic mass is 9.89. The zero-order valence-electron chi connectivity index (χ0n) is 16.0. The Morgan fingerprint density at radius 3 is 2.29 bits per heavy atom. The molecule has 28 heavy (non-hydrogen) atoms.